The van der Waals surface area contributed by atoms with Crippen LogP contribution in [0.4, 0.5) is 5.82 Å². The van der Waals surface area contributed by atoms with E-state index >= 15 is 0 Å². The number of carboxylic acid groups (broad SMARTS) is 1. The standard InChI is InChI=1S/C14H18ClN3O3/c1-9(19)17-12-4-2-10(14(20)21)7-18(8-12)13-5-3-11(15)6-16-13/h3,5-6,10,12H,2,4,7-8H2,1H3,(H,17,19)(H,20,21)/t10-,12+/m0/s1. The van der Waals surface area contributed by atoms with Gasteiger partial charge in [0, 0.05) is 32.3 Å². The summed E-state index contributed by atoms with van der Waals surface area (Å²) in [5, 5.41) is 12.7. The van der Waals surface area contributed by atoms with E-state index in [1.165, 1.54) is 13.1 Å². The Hall–Kier alpha value is -1.82. The highest BCUT2D eigenvalue weighted by Crippen LogP contribution is 2.22. The van der Waals surface area contributed by atoms with E-state index in [2.05, 4.69) is 10.3 Å². The van der Waals surface area contributed by atoms with Crippen molar-refractivity contribution in [2.24, 2.45) is 5.92 Å². The molecule has 2 atom stereocenters. The quantitative estimate of drug-likeness (QED) is 0.885. The van der Waals surface area contributed by atoms with Crippen LogP contribution in [-0.2, 0) is 9.59 Å². The van der Waals surface area contributed by atoms with Crippen molar-refractivity contribution < 1.29 is 14.7 Å². The lowest BCUT2D eigenvalue weighted by Gasteiger charge is -2.26. The molecule has 1 aliphatic rings. The van der Waals surface area contributed by atoms with Gasteiger partial charge in [-0.1, -0.05) is 11.6 Å². The number of aromatic nitrogens is 1. The third-order valence-corrected chi connectivity index (χ3v) is 3.76. The Morgan fingerprint density at radius 3 is 2.71 bits per heavy atom. The molecule has 114 valence electrons. The van der Waals surface area contributed by atoms with Gasteiger partial charge in [-0.2, -0.15) is 0 Å². The van der Waals surface area contributed by atoms with Crippen molar-refractivity contribution in [1.29, 1.82) is 0 Å². The van der Waals surface area contributed by atoms with Crippen molar-refractivity contribution in [1.82, 2.24) is 10.3 Å². The Morgan fingerprint density at radius 1 is 1.38 bits per heavy atom. The highest BCUT2D eigenvalue weighted by molar-refractivity contribution is 6.30. The molecule has 0 spiro atoms. The van der Waals surface area contributed by atoms with E-state index in [1.54, 1.807) is 12.1 Å². The summed E-state index contributed by atoms with van der Waals surface area (Å²) in [6.07, 6.45) is 2.70. The van der Waals surface area contributed by atoms with Crippen molar-refractivity contribution in [3.8, 4) is 0 Å². The molecule has 1 aromatic rings. The number of rotatable bonds is 3. The molecule has 0 unspecified atom stereocenters. The van der Waals surface area contributed by atoms with Crippen LogP contribution < -0.4 is 10.2 Å². The first-order valence-corrected chi connectivity index (χ1v) is 7.20. The van der Waals surface area contributed by atoms with Gasteiger partial charge in [0.1, 0.15) is 5.82 Å². The van der Waals surface area contributed by atoms with Crippen molar-refractivity contribution in [3.05, 3.63) is 23.4 Å². The molecule has 2 heterocycles. The average Bonchev–Trinajstić information content (AvgIpc) is 2.62. The summed E-state index contributed by atoms with van der Waals surface area (Å²) in [4.78, 5) is 28.7. The van der Waals surface area contributed by atoms with Crippen LogP contribution in [0.2, 0.25) is 5.02 Å². The molecule has 0 aromatic carbocycles. The molecule has 0 bridgehead atoms. The summed E-state index contributed by atoms with van der Waals surface area (Å²) in [5.74, 6) is -0.737. The predicted octanol–water partition coefficient (Wildman–Crippen LogP) is 1.54. The third kappa shape index (κ3) is 4.32. The maximum absolute atomic E-state index is 11.3. The maximum atomic E-state index is 11.3. The lowest BCUT2D eigenvalue weighted by molar-refractivity contribution is -0.141. The molecule has 1 fully saturated rings. The number of carbonyl (C=O) groups is 2. The Bertz CT molecular complexity index is 521. The highest BCUT2D eigenvalue weighted by Gasteiger charge is 2.29. The largest absolute Gasteiger partial charge is 0.481 e. The molecule has 1 amide bonds. The first-order chi connectivity index (χ1) is 9.95. The van der Waals surface area contributed by atoms with Crippen LogP contribution in [0.5, 0.6) is 0 Å². The minimum Gasteiger partial charge on any atom is -0.481 e. The fraction of sp³-hybridized carbons (Fsp3) is 0.500. The zero-order valence-electron chi connectivity index (χ0n) is 11.8. The van der Waals surface area contributed by atoms with E-state index in [9.17, 15) is 14.7 Å². The second kappa shape index (κ2) is 6.76. The zero-order valence-corrected chi connectivity index (χ0v) is 12.5. The Kier molecular flexibility index (Phi) is 5.01. The number of halogens is 1. The summed E-state index contributed by atoms with van der Waals surface area (Å²) in [7, 11) is 0. The van der Waals surface area contributed by atoms with Crippen LogP contribution in [0.25, 0.3) is 0 Å². The minimum absolute atomic E-state index is 0.0793. The number of carbonyl (C=O) groups excluding carboxylic acids is 1. The third-order valence-electron chi connectivity index (χ3n) is 3.54. The Balaban J connectivity index is 2.19. The summed E-state index contributed by atoms with van der Waals surface area (Å²) >= 11 is 5.83. The van der Waals surface area contributed by atoms with Crippen LogP contribution >= 0.6 is 11.6 Å². The predicted molar refractivity (Wildman–Crippen MR) is 79.4 cm³/mol. The summed E-state index contributed by atoms with van der Waals surface area (Å²) in [6.45, 7) is 2.38. The second-order valence-electron chi connectivity index (χ2n) is 5.25. The Labute approximate surface area is 128 Å². The monoisotopic (exact) mass is 311 g/mol. The topological polar surface area (TPSA) is 82.5 Å². The molecule has 1 aromatic heterocycles. The van der Waals surface area contributed by atoms with E-state index in [4.69, 9.17) is 11.6 Å². The van der Waals surface area contributed by atoms with Gasteiger partial charge in [-0.05, 0) is 25.0 Å². The first kappa shape index (κ1) is 15.6. The number of hydrogen-bond acceptors (Lipinski definition) is 4. The number of pyridine rings is 1. The molecule has 0 aliphatic carbocycles. The van der Waals surface area contributed by atoms with Crippen LogP contribution in [0.3, 0.4) is 0 Å². The number of carboxylic acids is 1. The molecule has 0 radical (unpaired) electrons. The number of aliphatic carboxylic acids is 1. The van der Waals surface area contributed by atoms with Crippen molar-refractivity contribution in [3.63, 3.8) is 0 Å². The van der Waals surface area contributed by atoms with Crippen LogP contribution in [0.15, 0.2) is 18.3 Å². The second-order valence-corrected chi connectivity index (χ2v) is 5.69. The van der Waals surface area contributed by atoms with Crippen molar-refractivity contribution in [2.45, 2.75) is 25.8 Å². The van der Waals surface area contributed by atoms with Crippen LogP contribution in [0, 0.1) is 5.92 Å². The SMILES string of the molecule is CC(=O)N[C@@H]1CC[C@H](C(=O)O)CN(c2ccc(Cl)cn2)C1. The van der Waals surface area contributed by atoms with Crippen LogP contribution in [-0.4, -0.2) is 41.1 Å². The lowest BCUT2D eigenvalue weighted by atomic mass is 10.0. The maximum Gasteiger partial charge on any atom is 0.308 e. The molecular formula is C14H18ClN3O3. The highest BCUT2D eigenvalue weighted by atomic mass is 35.5. The zero-order chi connectivity index (χ0) is 15.4. The van der Waals surface area contributed by atoms with Gasteiger partial charge in [-0.3, -0.25) is 9.59 Å². The van der Waals surface area contributed by atoms with Gasteiger partial charge in [0.2, 0.25) is 5.91 Å². The van der Waals surface area contributed by atoms with Gasteiger partial charge in [-0.25, -0.2) is 4.98 Å². The normalized spacial score (nSPS) is 22.5. The molecule has 1 saturated heterocycles. The van der Waals surface area contributed by atoms with E-state index in [1.807, 2.05) is 4.90 Å². The summed E-state index contributed by atoms with van der Waals surface area (Å²) in [5.41, 5.74) is 0. The van der Waals surface area contributed by atoms with E-state index in [0.717, 1.165) is 0 Å². The fourth-order valence-electron chi connectivity index (χ4n) is 2.54. The molecular weight excluding hydrogens is 294 g/mol. The molecule has 2 rings (SSSR count). The smallest absolute Gasteiger partial charge is 0.308 e. The first-order valence-electron chi connectivity index (χ1n) is 6.82. The van der Waals surface area contributed by atoms with E-state index in [-0.39, 0.29) is 11.9 Å². The van der Waals surface area contributed by atoms with Gasteiger partial charge in [0.15, 0.2) is 0 Å². The van der Waals surface area contributed by atoms with Crippen molar-refractivity contribution >= 4 is 29.3 Å². The minimum atomic E-state index is -0.822. The average molecular weight is 312 g/mol. The molecule has 21 heavy (non-hydrogen) atoms. The molecule has 6 nitrogen and oxygen atoms in total. The van der Waals surface area contributed by atoms with E-state index in [0.29, 0.717) is 36.8 Å². The number of anilines is 1. The molecule has 7 heteroatoms. The van der Waals surface area contributed by atoms with Gasteiger partial charge in [0.25, 0.3) is 0 Å². The number of hydrogen-bond donors (Lipinski definition) is 2. The number of nitrogens with zero attached hydrogens (tertiary/aromatic N) is 2. The van der Waals surface area contributed by atoms with Gasteiger partial charge >= 0.3 is 5.97 Å². The lowest BCUT2D eigenvalue weighted by Crippen LogP contribution is -2.42. The number of amides is 1. The summed E-state index contributed by atoms with van der Waals surface area (Å²) in [6, 6.07) is 3.40. The molecule has 0 saturated carbocycles. The van der Waals surface area contributed by atoms with Crippen molar-refractivity contribution in [2.75, 3.05) is 18.0 Å². The number of nitrogens with one attached hydrogen (secondary N) is 1. The molecule has 1 aliphatic heterocycles. The fourth-order valence-corrected chi connectivity index (χ4v) is 2.65. The van der Waals surface area contributed by atoms with Crippen LogP contribution in [0.1, 0.15) is 19.8 Å². The Morgan fingerprint density at radius 2 is 2.14 bits per heavy atom. The summed E-state index contributed by atoms with van der Waals surface area (Å²) < 4.78 is 0. The molecule has 2 N–H and O–H groups in total. The van der Waals surface area contributed by atoms with Gasteiger partial charge in [-0.15, -0.1) is 0 Å². The van der Waals surface area contributed by atoms with Gasteiger partial charge < -0.3 is 15.3 Å². The van der Waals surface area contributed by atoms with E-state index < -0.39 is 11.9 Å². The van der Waals surface area contributed by atoms with Gasteiger partial charge in [0.05, 0.1) is 10.9 Å².